The average Bonchev–Trinajstić information content (AvgIpc) is 3.16. The van der Waals surface area contributed by atoms with Crippen LogP contribution >= 0.6 is 0 Å². The monoisotopic (exact) mass is 326 g/mol. The molecule has 0 bridgehead atoms. The van der Waals surface area contributed by atoms with Gasteiger partial charge in [0.1, 0.15) is 11.3 Å². The van der Waals surface area contributed by atoms with Gasteiger partial charge in [-0.05, 0) is 37.5 Å². The van der Waals surface area contributed by atoms with E-state index in [4.69, 9.17) is 10.2 Å². The molecule has 0 aliphatic rings. The highest BCUT2D eigenvalue weighted by Gasteiger charge is 2.16. The molecule has 4 N–H and O–H groups in total. The topological polar surface area (TPSA) is 96.9 Å². The van der Waals surface area contributed by atoms with E-state index in [1.165, 1.54) is 5.56 Å². The third-order valence-electron chi connectivity index (χ3n) is 4.09. The molecule has 6 nitrogen and oxygen atoms in total. The maximum Gasteiger partial charge on any atom is 0.237 e. The molecular formula is C18H22N4O2. The number of aromatic amines is 1. The zero-order valence-corrected chi connectivity index (χ0v) is 13.7. The molecule has 0 saturated carbocycles. The van der Waals surface area contributed by atoms with Crippen molar-refractivity contribution in [2.75, 3.05) is 6.54 Å². The molecule has 0 spiro atoms. The standard InChI is InChI=1S/C18H22N4O2/c1-12-14(11-21-22-12)6-4-8-20-18(23)16(19)10-15-9-13-5-2-3-7-17(13)24-15/h2-3,5,7,9,11,16H,4,6,8,10,19H2,1H3,(H,20,23)(H,21,22). The van der Waals surface area contributed by atoms with Gasteiger partial charge in [0.2, 0.25) is 5.91 Å². The van der Waals surface area contributed by atoms with Crippen LogP contribution in [0.5, 0.6) is 0 Å². The normalized spacial score (nSPS) is 12.4. The van der Waals surface area contributed by atoms with Crippen LogP contribution in [0.4, 0.5) is 0 Å². The Kier molecular flexibility index (Phi) is 4.96. The van der Waals surface area contributed by atoms with Crippen molar-refractivity contribution < 1.29 is 9.21 Å². The van der Waals surface area contributed by atoms with Gasteiger partial charge < -0.3 is 15.5 Å². The van der Waals surface area contributed by atoms with Crippen molar-refractivity contribution in [3.8, 4) is 0 Å². The first-order valence-electron chi connectivity index (χ1n) is 8.13. The van der Waals surface area contributed by atoms with E-state index in [9.17, 15) is 4.79 Å². The van der Waals surface area contributed by atoms with Crippen LogP contribution in [0.2, 0.25) is 0 Å². The summed E-state index contributed by atoms with van der Waals surface area (Å²) in [5.74, 6) is 0.576. The summed E-state index contributed by atoms with van der Waals surface area (Å²) >= 11 is 0. The number of carbonyl (C=O) groups excluding carboxylic acids is 1. The third-order valence-corrected chi connectivity index (χ3v) is 4.09. The highest BCUT2D eigenvalue weighted by atomic mass is 16.3. The number of rotatable bonds is 7. The Labute approximate surface area is 140 Å². The predicted molar refractivity (Wildman–Crippen MR) is 92.5 cm³/mol. The maximum absolute atomic E-state index is 12.1. The Morgan fingerprint density at radius 1 is 1.42 bits per heavy atom. The van der Waals surface area contributed by atoms with E-state index in [1.807, 2.05) is 43.5 Å². The first kappa shape index (κ1) is 16.3. The number of fused-ring (bicyclic) bond motifs is 1. The summed E-state index contributed by atoms with van der Waals surface area (Å²) in [4.78, 5) is 12.1. The molecule has 3 aromatic rings. The number of nitrogens with one attached hydrogen (secondary N) is 2. The van der Waals surface area contributed by atoms with Gasteiger partial charge in [-0.1, -0.05) is 18.2 Å². The summed E-state index contributed by atoms with van der Waals surface area (Å²) < 4.78 is 5.71. The van der Waals surface area contributed by atoms with E-state index in [0.29, 0.717) is 13.0 Å². The molecule has 0 radical (unpaired) electrons. The second-order valence-electron chi connectivity index (χ2n) is 5.98. The van der Waals surface area contributed by atoms with E-state index >= 15 is 0 Å². The quantitative estimate of drug-likeness (QED) is 0.579. The molecule has 2 heterocycles. The first-order valence-corrected chi connectivity index (χ1v) is 8.13. The van der Waals surface area contributed by atoms with Crippen molar-refractivity contribution in [3.05, 3.63) is 53.5 Å². The number of H-pyrrole nitrogens is 1. The molecule has 1 unspecified atom stereocenters. The van der Waals surface area contributed by atoms with E-state index < -0.39 is 6.04 Å². The van der Waals surface area contributed by atoms with Crippen molar-refractivity contribution in [2.45, 2.75) is 32.2 Å². The van der Waals surface area contributed by atoms with Crippen molar-refractivity contribution in [1.82, 2.24) is 15.5 Å². The van der Waals surface area contributed by atoms with Crippen molar-refractivity contribution >= 4 is 16.9 Å². The minimum Gasteiger partial charge on any atom is -0.461 e. The number of hydrogen-bond acceptors (Lipinski definition) is 4. The lowest BCUT2D eigenvalue weighted by Gasteiger charge is -2.10. The summed E-state index contributed by atoms with van der Waals surface area (Å²) in [6.45, 7) is 2.58. The van der Waals surface area contributed by atoms with Crippen LogP contribution in [-0.4, -0.2) is 28.7 Å². The first-order chi connectivity index (χ1) is 11.6. The summed E-state index contributed by atoms with van der Waals surface area (Å²) in [5, 5.41) is 10.8. The number of amides is 1. The Bertz CT molecular complexity index is 788. The molecule has 2 aromatic heterocycles. The highest BCUT2D eigenvalue weighted by Crippen LogP contribution is 2.19. The fraction of sp³-hybridized carbons (Fsp3) is 0.333. The number of aryl methyl sites for hydroxylation is 2. The lowest BCUT2D eigenvalue weighted by molar-refractivity contribution is -0.122. The zero-order valence-electron chi connectivity index (χ0n) is 13.7. The fourth-order valence-corrected chi connectivity index (χ4v) is 2.70. The Balaban J connectivity index is 1.45. The Hall–Kier alpha value is -2.60. The van der Waals surface area contributed by atoms with Gasteiger partial charge in [0.25, 0.3) is 0 Å². The second kappa shape index (κ2) is 7.31. The molecule has 1 aromatic carbocycles. The highest BCUT2D eigenvalue weighted by molar-refractivity contribution is 5.82. The molecule has 126 valence electrons. The van der Waals surface area contributed by atoms with E-state index in [0.717, 1.165) is 35.3 Å². The molecule has 0 fully saturated rings. The molecule has 0 aliphatic carbocycles. The van der Waals surface area contributed by atoms with Gasteiger partial charge in [-0.2, -0.15) is 5.10 Å². The van der Waals surface area contributed by atoms with E-state index in [2.05, 4.69) is 15.5 Å². The Morgan fingerprint density at radius 3 is 3.00 bits per heavy atom. The van der Waals surface area contributed by atoms with Gasteiger partial charge in [-0.25, -0.2) is 0 Å². The molecule has 24 heavy (non-hydrogen) atoms. The molecule has 3 rings (SSSR count). The lowest BCUT2D eigenvalue weighted by atomic mass is 10.1. The number of aromatic nitrogens is 2. The molecular weight excluding hydrogens is 304 g/mol. The second-order valence-corrected chi connectivity index (χ2v) is 5.98. The number of benzene rings is 1. The van der Waals surface area contributed by atoms with Gasteiger partial charge >= 0.3 is 0 Å². The van der Waals surface area contributed by atoms with Crippen molar-refractivity contribution in [2.24, 2.45) is 5.73 Å². The molecule has 1 amide bonds. The van der Waals surface area contributed by atoms with Gasteiger partial charge in [0.05, 0.1) is 12.2 Å². The van der Waals surface area contributed by atoms with Crippen LogP contribution in [0.1, 0.15) is 23.4 Å². The average molecular weight is 326 g/mol. The predicted octanol–water partition coefficient (Wildman–Crippen LogP) is 2.08. The SMILES string of the molecule is Cc1[nH]ncc1CCCNC(=O)C(N)Cc1cc2ccccc2o1. The number of nitrogens with two attached hydrogens (primary N) is 1. The fourth-order valence-electron chi connectivity index (χ4n) is 2.70. The third kappa shape index (κ3) is 3.83. The number of para-hydroxylation sites is 1. The van der Waals surface area contributed by atoms with Crippen molar-refractivity contribution in [1.29, 1.82) is 0 Å². The lowest BCUT2D eigenvalue weighted by Crippen LogP contribution is -2.42. The van der Waals surface area contributed by atoms with Crippen LogP contribution in [0.15, 0.2) is 40.9 Å². The maximum atomic E-state index is 12.1. The zero-order chi connectivity index (χ0) is 16.9. The van der Waals surface area contributed by atoms with Gasteiger partial charge in [0.15, 0.2) is 0 Å². The van der Waals surface area contributed by atoms with Gasteiger partial charge in [0, 0.05) is 24.0 Å². The van der Waals surface area contributed by atoms with Crippen LogP contribution in [0.25, 0.3) is 11.0 Å². The van der Waals surface area contributed by atoms with Crippen LogP contribution in [0, 0.1) is 6.92 Å². The van der Waals surface area contributed by atoms with E-state index in [1.54, 1.807) is 0 Å². The molecule has 0 saturated heterocycles. The van der Waals surface area contributed by atoms with E-state index in [-0.39, 0.29) is 5.91 Å². The molecule has 0 aliphatic heterocycles. The minimum absolute atomic E-state index is 0.153. The van der Waals surface area contributed by atoms with Gasteiger partial charge in [-0.15, -0.1) is 0 Å². The van der Waals surface area contributed by atoms with Crippen LogP contribution in [-0.2, 0) is 17.6 Å². The number of nitrogens with zero attached hydrogens (tertiary/aromatic N) is 1. The molecule has 6 heteroatoms. The summed E-state index contributed by atoms with van der Waals surface area (Å²) in [5.41, 5.74) is 9.05. The Morgan fingerprint density at radius 2 is 2.25 bits per heavy atom. The van der Waals surface area contributed by atoms with Crippen LogP contribution in [0.3, 0.4) is 0 Å². The number of hydrogen-bond donors (Lipinski definition) is 3. The van der Waals surface area contributed by atoms with Gasteiger partial charge in [-0.3, -0.25) is 9.89 Å². The number of carbonyl (C=O) groups is 1. The van der Waals surface area contributed by atoms with Crippen molar-refractivity contribution in [3.63, 3.8) is 0 Å². The largest absolute Gasteiger partial charge is 0.461 e. The van der Waals surface area contributed by atoms with Crippen LogP contribution < -0.4 is 11.1 Å². The summed E-state index contributed by atoms with van der Waals surface area (Å²) in [7, 11) is 0. The summed E-state index contributed by atoms with van der Waals surface area (Å²) in [6.07, 6.45) is 3.94. The molecule has 1 atom stereocenters. The summed E-state index contributed by atoms with van der Waals surface area (Å²) in [6, 6.07) is 9.08. The smallest absolute Gasteiger partial charge is 0.237 e. The minimum atomic E-state index is -0.610. The number of furan rings is 1.